The minimum absolute atomic E-state index is 0.0573. The minimum Gasteiger partial charge on any atom is -0.397 e. The van der Waals surface area contributed by atoms with Crippen molar-refractivity contribution in [1.29, 1.82) is 0 Å². The van der Waals surface area contributed by atoms with Crippen molar-refractivity contribution in [2.75, 3.05) is 30.8 Å². The largest absolute Gasteiger partial charge is 0.397 e. The number of nitrogens with two attached hydrogens (primary N) is 2. The van der Waals surface area contributed by atoms with Crippen LogP contribution in [0.1, 0.15) is 6.42 Å². The molecule has 0 amide bonds. The van der Waals surface area contributed by atoms with Gasteiger partial charge in [-0.05, 0) is 24.6 Å². The topological polar surface area (TPSA) is 107 Å². The zero-order valence-electron chi connectivity index (χ0n) is 9.93. The average molecular weight is 271 g/mol. The number of nitrogens with one attached hydrogen (secondary N) is 1. The van der Waals surface area contributed by atoms with Crippen LogP contribution in [0.4, 0.5) is 11.4 Å². The van der Waals surface area contributed by atoms with Gasteiger partial charge in [0.2, 0.25) is 10.0 Å². The normalized spacial score (nSPS) is 19.9. The van der Waals surface area contributed by atoms with Gasteiger partial charge >= 0.3 is 0 Å². The maximum Gasteiger partial charge on any atom is 0.238 e. The molecular formula is C11H17N3O3S. The molecule has 0 radical (unpaired) electrons. The van der Waals surface area contributed by atoms with Crippen molar-refractivity contribution < 1.29 is 13.2 Å². The third kappa shape index (κ3) is 3.12. The molecule has 0 bridgehead atoms. The maximum atomic E-state index is 11.2. The summed E-state index contributed by atoms with van der Waals surface area (Å²) < 4.78 is 27.8. The molecular weight excluding hydrogens is 254 g/mol. The summed E-state index contributed by atoms with van der Waals surface area (Å²) >= 11 is 0. The Balaban J connectivity index is 2.11. The number of sulfonamides is 1. The average Bonchev–Trinajstić information content (AvgIpc) is 2.79. The molecule has 1 aliphatic rings. The van der Waals surface area contributed by atoms with Gasteiger partial charge in [-0.3, -0.25) is 0 Å². The van der Waals surface area contributed by atoms with E-state index in [1.807, 2.05) is 0 Å². The first-order valence-corrected chi connectivity index (χ1v) is 7.25. The molecule has 1 unspecified atom stereocenters. The molecule has 1 heterocycles. The van der Waals surface area contributed by atoms with Gasteiger partial charge in [0.05, 0.1) is 22.9 Å². The van der Waals surface area contributed by atoms with E-state index in [1.165, 1.54) is 18.2 Å². The first kappa shape index (κ1) is 13.1. The standard InChI is InChI=1S/C11H17N3O3S/c12-10-2-1-9(18(13,15)16)5-11(10)14-6-8-3-4-17-7-8/h1-2,5,8,14H,3-4,6-7,12H2,(H2,13,15,16). The highest BCUT2D eigenvalue weighted by Crippen LogP contribution is 2.23. The lowest BCUT2D eigenvalue weighted by Crippen LogP contribution is -2.16. The van der Waals surface area contributed by atoms with Gasteiger partial charge in [0.25, 0.3) is 0 Å². The first-order valence-electron chi connectivity index (χ1n) is 5.71. The van der Waals surface area contributed by atoms with Crippen molar-refractivity contribution in [3.05, 3.63) is 18.2 Å². The summed E-state index contributed by atoms with van der Waals surface area (Å²) in [6.45, 7) is 2.21. The van der Waals surface area contributed by atoms with Gasteiger partial charge in [-0.2, -0.15) is 0 Å². The molecule has 1 aromatic carbocycles. The molecule has 1 fully saturated rings. The molecule has 0 spiro atoms. The number of hydrogen-bond acceptors (Lipinski definition) is 5. The summed E-state index contributed by atoms with van der Waals surface area (Å²) in [6, 6.07) is 4.39. The fourth-order valence-corrected chi connectivity index (χ4v) is 2.40. The molecule has 0 saturated carbocycles. The monoisotopic (exact) mass is 271 g/mol. The molecule has 100 valence electrons. The summed E-state index contributed by atoms with van der Waals surface area (Å²) in [5.41, 5.74) is 6.88. The second-order valence-electron chi connectivity index (χ2n) is 4.40. The Bertz CT molecular complexity index is 524. The van der Waals surface area contributed by atoms with Gasteiger partial charge in [-0.25, -0.2) is 13.6 Å². The number of benzene rings is 1. The van der Waals surface area contributed by atoms with Crippen molar-refractivity contribution in [3.63, 3.8) is 0 Å². The predicted molar refractivity (Wildman–Crippen MR) is 69.6 cm³/mol. The number of anilines is 2. The molecule has 1 atom stereocenters. The van der Waals surface area contributed by atoms with Crippen molar-refractivity contribution in [1.82, 2.24) is 0 Å². The summed E-state index contributed by atoms with van der Waals surface area (Å²) in [7, 11) is -3.70. The lowest BCUT2D eigenvalue weighted by atomic mass is 10.1. The van der Waals surface area contributed by atoms with E-state index in [0.717, 1.165) is 19.6 Å². The van der Waals surface area contributed by atoms with Crippen LogP contribution in [0.25, 0.3) is 0 Å². The van der Waals surface area contributed by atoms with E-state index in [1.54, 1.807) is 0 Å². The SMILES string of the molecule is Nc1ccc(S(N)(=O)=O)cc1NCC1CCOC1. The smallest absolute Gasteiger partial charge is 0.238 e. The van der Waals surface area contributed by atoms with E-state index in [2.05, 4.69) is 5.32 Å². The van der Waals surface area contributed by atoms with Gasteiger partial charge < -0.3 is 15.8 Å². The molecule has 1 saturated heterocycles. The van der Waals surface area contributed by atoms with Crippen molar-refractivity contribution in [3.8, 4) is 0 Å². The van der Waals surface area contributed by atoms with Crippen LogP contribution in [0, 0.1) is 5.92 Å². The van der Waals surface area contributed by atoms with Crippen LogP contribution in [0.15, 0.2) is 23.1 Å². The summed E-state index contributed by atoms with van der Waals surface area (Å²) in [6.07, 6.45) is 1.00. The number of ether oxygens (including phenoxy) is 1. The fraction of sp³-hybridized carbons (Fsp3) is 0.455. The van der Waals surface area contributed by atoms with E-state index in [0.29, 0.717) is 23.8 Å². The Labute approximate surface area is 106 Å². The lowest BCUT2D eigenvalue weighted by molar-refractivity contribution is 0.187. The Hall–Kier alpha value is -1.31. The van der Waals surface area contributed by atoms with E-state index >= 15 is 0 Å². The highest BCUT2D eigenvalue weighted by Gasteiger charge is 2.16. The zero-order chi connectivity index (χ0) is 13.2. The van der Waals surface area contributed by atoms with Gasteiger partial charge in [-0.15, -0.1) is 0 Å². The van der Waals surface area contributed by atoms with Gasteiger partial charge in [-0.1, -0.05) is 0 Å². The van der Waals surface area contributed by atoms with Crippen molar-refractivity contribution >= 4 is 21.4 Å². The van der Waals surface area contributed by atoms with Crippen molar-refractivity contribution in [2.45, 2.75) is 11.3 Å². The van der Waals surface area contributed by atoms with Crippen LogP contribution in [0.5, 0.6) is 0 Å². The van der Waals surface area contributed by atoms with E-state index in [9.17, 15) is 8.42 Å². The Morgan fingerprint density at radius 2 is 2.22 bits per heavy atom. The van der Waals surface area contributed by atoms with E-state index in [-0.39, 0.29) is 4.90 Å². The van der Waals surface area contributed by atoms with Gasteiger partial charge in [0.1, 0.15) is 0 Å². The molecule has 0 aromatic heterocycles. The van der Waals surface area contributed by atoms with Crippen molar-refractivity contribution in [2.24, 2.45) is 11.1 Å². The second-order valence-corrected chi connectivity index (χ2v) is 5.97. The molecule has 1 aromatic rings. The van der Waals surface area contributed by atoms with Crippen LogP contribution in [-0.2, 0) is 14.8 Å². The van der Waals surface area contributed by atoms with E-state index < -0.39 is 10.0 Å². The Morgan fingerprint density at radius 1 is 1.44 bits per heavy atom. The number of hydrogen-bond donors (Lipinski definition) is 3. The molecule has 18 heavy (non-hydrogen) atoms. The molecule has 0 aliphatic carbocycles. The van der Waals surface area contributed by atoms with Gasteiger partial charge in [0.15, 0.2) is 0 Å². The quantitative estimate of drug-likeness (QED) is 0.685. The summed E-state index contributed by atoms with van der Waals surface area (Å²) in [5, 5.41) is 8.22. The molecule has 1 aliphatic heterocycles. The van der Waals surface area contributed by atoms with Gasteiger partial charge in [0, 0.05) is 19.1 Å². The third-order valence-electron chi connectivity index (χ3n) is 2.96. The number of primary sulfonamides is 1. The lowest BCUT2D eigenvalue weighted by Gasteiger charge is -2.13. The Morgan fingerprint density at radius 3 is 2.83 bits per heavy atom. The van der Waals surface area contributed by atoms with Crippen LogP contribution in [-0.4, -0.2) is 28.2 Å². The molecule has 6 nitrogen and oxygen atoms in total. The number of rotatable bonds is 4. The van der Waals surface area contributed by atoms with Crippen LogP contribution < -0.4 is 16.2 Å². The third-order valence-corrected chi connectivity index (χ3v) is 3.87. The maximum absolute atomic E-state index is 11.2. The van der Waals surface area contributed by atoms with E-state index in [4.69, 9.17) is 15.6 Å². The summed E-state index contributed by atoms with van der Waals surface area (Å²) in [5.74, 6) is 0.433. The minimum atomic E-state index is -3.70. The number of nitrogen functional groups attached to an aromatic ring is 1. The Kier molecular flexibility index (Phi) is 3.74. The van der Waals surface area contributed by atoms with Crippen LogP contribution in [0.2, 0.25) is 0 Å². The van der Waals surface area contributed by atoms with Crippen LogP contribution in [0.3, 0.4) is 0 Å². The second kappa shape index (κ2) is 5.13. The first-order chi connectivity index (χ1) is 8.47. The zero-order valence-corrected chi connectivity index (χ0v) is 10.7. The molecule has 7 heteroatoms. The van der Waals surface area contributed by atoms with Crippen LogP contribution >= 0.6 is 0 Å². The predicted octanol–water partition coefficient (Wildman–Crippen LogP) is 0.365. The highest BCUT2D eigenvalue weighted by atomic mass is 32.2. The fourth-order valence-electron chi connectivity index (χ4n) is 1.86. The highest BCUT2D eigenvalue weighted by molar-refractivity contribution is 7.89. The summed E-state index contributed by atoms with van der Waals surface area (Å²) in [4.78, 5) is 0.0573. The molecule has 2 rings (SSSR count). The molecule has 5 N–H and O–H groups in total.